The normalized spacial score (nSPS) is 25.5. The summed E-state index contributed by atoms with van der Waals surface area (Å²) in [5, 5.41) is 2.69. The van der Waals surface area contributed by atoms with Crippen LogP contribution >= 0.6 is 22.6 Å². The molecule has 1 amide bonds. The van der Waals surface area contributed by atoms with Crippen molar-refractivity contribution >= 4 is 28.5 Å². The van der Waals surface area contributed by atoms with Gasteiger partial charge >= 0.3 is 0 Å². The van der Waals surface area contributed by atoms with Crippen molar-refractivity contribution in [1.82, 2.24) is 10.2 Å². The summed E-state index contributed by atoms with van der Waals surface area (Å²) in [5.41, 5.74) is 0. The molecule has 1 N–H and O–H groups in total. The van der Waals surface area contributed by atoms with E-state index in [1.807, 2.05) is 0 Å². The van der Waals surface area contributed by atoms with Gasteiger partial charge in [-0.05, 0) is 19.4 Å². The number of likely N-dealkylation sites (tertiary alicyclic amines) is 1. The average Bonchev–Trinajstić information content (AvgIpc) is 2.50. The van der Waals surface area contributed by atoms with E-state index in [2.05, 4.69) is 32.8 Å². The fourth-order valence-electron chi connectivity index (χ4n) is 1.43. The molecule has 0 aromatic rings. The first-order valence-electron chi connectivity index (χ1n) is 3.81. The molecule has 1 unspecified atom stereocenters. The van der Waals surface area contributed by atoms with Gasteiger partial charge in [0.2, 0.25) is 5.91 Å². The van der Waals surface area contributed by atoms with Crippen LogP contribution in [0.1, 0.15) is 12.8 Å². The summed E-state index contributed by atoms with van der Waals surface area (Å²) in [7, 11) is 1.70. The molecule has 0 radical (unpaired) electrons. The summed E-state index contributed by atoms with van der Waals surface area (Å²) in [6.45, 7) is 1.07. The first kappa shape index (κ1) is 9.25. The van der Waals surface area contributed by atoms with E-state index in [-0.39, 0.29) is 11.9 Å². The summed E-state index contributed by atoms with van der Waals surface area (Å²) < 4.78 is 0.954. The molecule has 11 heavy (non-hydrogen) atoms. The molecule has 0 aromatic carbocycles. The molecule has 3 nitrogen and oxygen atoms in total. The van der Waals surface area contributed by atoms with Crippen molar-refractivity contribution in [2.24, 2.45) is 0 Å². The standard InChI is InChI=1S/C7H13IN2O/c1-9-7(11)6-3-2-4-10(6)5-8/h6H,2-5H2,1H3,(H,9,11). The number of nitrogens with zero attached hydrogens (tertiary/aromatic N) is 1. The van der Waals surface area contributed by atoms with Gasteiger partial charge in [-0.3, -0.25) is 9.69 Å². The molecule has 1 atom stereocenters. The van der Waals surface area contributed by atoms with Crippen LogP contribution in [0.3, 0.4) is 0 Å². The van der Waals surface area contributed by atoms with Gasteiger partial charge in [0.15, 0.2) is 0 Å². The molecule has 1 saturated heterocycles. The van der Waals surface area contributed by atoms with E-state index < -0.39 is 0 Å². The lowest BCUT2D eigenvalue weighted by atomic mass is 10.2. The quantitative estimate of drug-likeness (QED) is 0.451. The van der Waals surface area contributed by atoms with Crippen LogP contribution in [0.25, 0.3) is 0 Å². The molecule has 0 aromatic heterocycles. The topological polar surface area (TPSA) is 32.3 Å². The zero-order valence-electron chi connectivity index (χ0n) is 6.64. The molecule has 1 heterocycles. The highest BCUT2D eigenvalue weighted by Gasteiger charge is 2.28. The largest absolute Gasteiger partial charge is 0.358 e. The summed E-state index contributed by atoms with van der Waals surface area (Å²) in [6, 6.07) is 0.136. The van der Waals surface area contributed by atoms with E-state index in [0.29, 0.717) is 0 Å². The lowest BCUT2D eigenvalue weighted by Crippen LogP contribution is -2.41. The van der Waals surface area contributed by atoms with Gasteiger partial charge in [0.1, 0.15) is 0 Å². The number of halogens is 1. The number of likely N-dealkylation sites (N-methyl/N-ethyl adjacent to an activating group) is 1. The van der Waals surface area contributed by atoms with Gasteiger partial charge in [0, 0.05) is 7.05 Å². The van der Waals surface area contributed by atoms with Gasteiger partial charge in [-0.1, -0.05) is 22.6 Å². The molecule has 1 rings (SSSR count). The van der Waals surface area contributed by atoms with E-state index in [9.17, 15) is 4.79 Å². The molecule has 64 valence electrons. The highest BCUT2D eigenvalue weighted by atomic mass is 127. The Balaban J connectivity index is 2.49. The Bertz CT molecular complexity index is 151. The third kappa shape index (κ3) is 2.05. The van der Waals surface area contributed by atoms with Crippen LogP contribution in [-0.4, -0.2) is 35.0 Å². The Kier molecular flexibility index (Phi) is 3.58. The summed E-state index contributed by atoms with van der Waals surface area (Å²) >= 11 is 2.30. The Morgan fingerprint density at radius 1 is 1.82 bits per heavy atom. The highest BCUT2D eigenvalue weighted by molar-refractivity contribution is 14.1. The lowest BCUT2D eigenvalue weighted by molar-refractivity contribution is -0.124. The molecule has 0 bridgehead atoms. The van der Waals surface area contributed by atoms with E-state index in [1.54, 1.807) is 7.05 Å². The van der Waals surface area contributed by atoms with E-state index in [0.717, 1.165) is 23.9 Å². The Hall–Kier alpha value is 0.160. The van der Waals surface area contributed by atoms with Gasteiger partial charge < -0.3 is 5.32 Å². The van der Waals surface area contributed by atoms with Gasteiger partial charge in [0.05, 0.1) is 10.6 Å². The van der Waals surface area contributed by atoms with Crippen LogP contribution < -0.4 is 5.32 Å². The van der Waals surface area contributed by atoms with Gasteiger partial charge in [-0.25, -0.2) is 0 Å². The van der Waals surface area contributed by atoms with Crippen molar-refractivity contribution in [3.63, 3.8) is 0 Å². The van der Waals surface area contributed by atoms with Crippen LogP contribution in [0, 0.1) is 0 Å². The monoisotopic (exact) mass is 268 g/mol. The van der Waals surface area contributed by atoms with E-state index in [4.69, 9.17) is 0 Å². The number of nitrogens with one attached hydrogen (secondary N) is 1. The number of alkyl halides is 1. The van der Waals surface area contributed by atoms with E-state index in [1.165, 1.54) is 0 Å². The lowest BCUT2D eigenvalue weighted by Gasteiger charge is -2.19. The first-order valence-corrected chi connectivity index (χ1v) is 5.33. The number of hydrogen-bond donors (Lipinski definition) is 1. The zero-order chi connectivity index (χ0) is 8.27. The predicted octanol–water partition coefficient (Wildman–Crippen LogP) is 0.589. The van der Waals surface area contributed by atoms with Crippen molar-refractivity contribution in [3.05, 3.63) is 0 Å². The van der Waals surface area contributed by atoms with Crippen molar-refractivity contribution in [3.8, 4) is 0 Å². The second-order valence-electron chi connectivity index (χ2n) is 2.70. The van der Waals surface area contributed by atoms with Gasteiger partial charge in [-0.2, -0.15) is 0 Å². The van der Waals surface area contributed by atoms with Crippen LogP contribution in [0.2, 0.25) is 0 Å². The van der Waals surface area contributed by atoms with Crippen LogP contribution in [0.15, 0.2) is 0 Å². The molecular weight excluding hydrogens is 255 g/mol. The second kappa shape index (κ2) is 4.25. The first-order chi connectivity index (χ1) is 5.29. The summed E-state index contributed by atoms with van der Waals surface area (Å²) in [5.74, 6) is 0.166. The number of carbonyl (C=O) groups is 1. The molecule has 1 fully saturated rings. The third-order valence-electron chi connectivity index (χ3n) is 2.07. The number of hydrogen-bond acceptors (Lipinski definition) is 2. The minimum absolute atomic E-state index is 0.136. The number of amides is 1. The Labute approximate surface area is 80.7 Å². The second-order valence-corrected chi connectivity index (χ2v) is 3.39. The molecule has 1 aliphatic heterocycles. The minimum atomic E-state index is 0.136. The van der Waals surface area contributed by atoms with Crippen LogP contribution in [0.5, 0.6) is 0 Å². The maximum atomic E-state index is 11.2. The van der Waals surface area contributed by atoms with Crippen molar-refractivity contribution in [1.29, 1.82) is 0 Å². The van der Waals surface area contributed by atoms with Crippen molar-refractivity contribution in [2.45, 2.75) is 18.9 Å². The summed E-state index contributed by atoms with van der Waals surface area (Å²) in [6.07, 6.45) is 2.17. The zero-order valence-corrected chi connectivity index (χ0v) is 8.80. The minimum Gasteiger partial charge on any atom is -0.358 e. The molecule has 0 aliphatic carbocycles. The third-order valence-corrected chi connectivity index (χ3v) is 2.94. The average molecular weight is 268 g/mol. The maximum Gasteiger partial charge on any atom is 0.237 e. The SMILES string of the molecule is CNC(=O)C1CCCN1CI. The molecular formula is C7H13IN2O. The maximum absolute atomic E-state index is 11.2. The predicted molar refractivity (Wildman–Crippen MR) is 52.7 cm³/mol. The fraction of sp³-hybridized carbons (Fsp3) is 0.857. The highest BCUT2D eigenvalue weighted by Crippen LogP contribution is 2.17. The Morgan fingerprint density at radius 3 is 3.09 bits per heavy atom. The summed E-state index contributed by atoms with van der Waals surface area (Å²) in [4.78, 5) is 13.4. The molecule has 4 heteroatoms. The van der Waals surface area contributed by atoms with Crippen LogP contribution in [-0.2, 0) is 4.79 Å². The number of rotatable bonds is 2. The number of carbonyl (C=O) groups excluding carboxylic acids is 1. The van der Waals surface area contributed by atoms with Crippen LogP contribution in [0.4, 0.5) is 0 Å². The van der Waals surface area contributed by atoms with E-state index >= 15 is 0 Å². The Morgan fingerprint density at radius 2 is 2.55 bits per heavy atom. The molecule has 0 saturated carbocycles. The van der Waals surface area contributed by atoms with Gasteiger partial charge in [0.25, 0.3) is 0 Å². The van der Waals surface area contributed by atoms with Gasteiger partial charge in [-0.15, -0.1) is 0 Å². The van der Waals surface area contributed by atoms with Crippen molar-refractivity contribution in [2.75, 3.05) is 18.1 Å². The molecule has 1 aliphatic rings. The smallest absolute Gasteiger partial charge is 0.237 e. The fourth-order valence-corrected chi connectivity index (χ4v) is 2.25. The molecule has 0 spiro atoms. The van der Waals surface area contributed by atoms with Crippen molar-refractivity contribution < 1.29 is 4.79 Å².